The summed E-state index contributed by atoms with van der Waals surface area (Å²) in [7, 11) is -3.63. The molecule has 0 aliphatic rings. The Morgan fingerprint density at radius 2 is 1.70 bits per heavy atom. The lowest BCUT2D eigenvalue weighted by atomic mass is 10.1. The maximum Gasteiger partial charge on any atom is 0.242 e. The van der Waals surface area contributed by atoms with E-state index in [0.717, 1.165) is 11.8 Å². The lowest BCUT2D eigenvalue weighted by molar-refractivity contribution is -0.141. The van der Waals surface area contributed by atoms with E-state index < -0.39 is 21.6 Å². The van der Waals surface area contributed by atoms with Gasteiger partial charge in [-0.1, -0.05) is 41.9 Å². The van der Waals surface area contributed by atoms with Gasteiger partial charge in [0.25, 0.3) is 0 Å². The van der Waals surface area contributed by atoms with Gasteiger partial charge < -0.3 is 15.0 Å². The molecule has 1 unspecified atom stereocenters. The molecule has 204 valence electrons. The van der Waals surface area contributed by atoms with Crippen molar-refractivity contribution in [3.05, 3.63) is 59.1 Å². The molecular formula is C27H38ClN3O5S. The van der Waals surface area contributed by atoms with Crippen molar-refractivity contribution in [3.63, 3.8) is 0 Å². The van der Waals surface area contributed by atoms with Crippen molar-refractivity contribution in [1.29, 1.82) is 0 Å². The minimum atomic E-state index is -3.63. The third-order valence-corrected chi connectivity index (χ3v) is 7.10. The van der Waals surface area contributed by atoms with E-state index in [1.807, 2.05) is 39.8 Å². The summed E-state index contributed by atoms with van der Waals surface area (Å²) in [6.45, 7) is 9.74. The molecule has 0 saturated carbocycles. The van der Waals surface area contributed by atoms with Gasteiger partial charge in [0.05, 0.1) is 18.6 Å². The van der Waals surface area contributed by atoms with E-state index >= 15 is 0 Å². The highest BCUT2D eigenvalue weighted by Crippen LogP contribution is 2.30. The van der Waals surface area contributed by atoms with Gasteiger partial charge in [0.1, 0.15) is 11.8 Å². The number of carbonyl (C=O) groups excluding carboxylic acids is 2. The maximum absolute atomic E-state index is 13.4. The van der Waals surface area contributed by atoms with Crippen molar-refractivity contribution in [2.75, 3.05) is 23.7 Å². The fraction of sp³-hybridized carbons (Fsp3) is 0.481. The van der Waals surface area contributed by atoms with Crippen LogP contribution in [0.4, 0.5) is 5.69 Å². The molecule has 2 amide bonds. The summed E-state index contributed by atoms with van der Waals surface area (Å²) < 4.78 is 32.1. The summed E-state index contributed by atoms with van der Waals surface area (Å²) in [6.07, 6.45) is 1.42. The molecule has 0 heterocycles. The lowest BCUT2D eigenvalue weighted by Crippen LogP contribution is -2.52. The average Bonchev–Trinajstić information content (AvgIpc) is 2.79. The maximum atomic E-state index is 13.4. The first-order chi connectivity index (χ1) is 17.2. The molecule has 37 heavy (non-hydrogen) atoms. The summed E-state index contributed by atoms with van der Waals surface area (Å²) in [5.74, 6) is -0.103. The molecule has 0 aliphatic carbocycles. The van der Waals surface area contributed by atoms with E-state index in [0.29, 0.717) is 23.1 Å². The number of ether oxygens (including phenoxy) is 1. The molecule has 2 aromatic rings. The van der Waals surface area contributed by atoms with Crippen molar-refractivity contribution < 1.29 is 22.7 Å². The molecule has 0 spiro atoms. The van der Waals surface area contributed by atoms with Crippen LogP contribution >= 0.6 is 11.6 Å². The summed E-state index contributed by atoms with van der Waals surface area (Å²) >= 11 is 6.34. The number of amides is 2. The van der Waals surface area contributed by atoms with Crippen molar-refractivity contribution in [2.24, 2.45) is 0 Å². The number of nitrogens with one attached hydrogen (secondary N) is 1. The van der Waals surface area contributed by atoms with Gasteiger partial charge in [0.15, 0.2) is 0 Å². The number of para-hydroxylation sites is 2. The lowest BCUT2D eigenvalue weighted by Gasteiger charge is -2.32. The van der Waals surface area contributed by atoms with E-state index in [4.69, 9.17) is 16.3 Å². The number of hydrogen-bond donors (Lipinski definition) is 1. The first-order valence-corrected chi connectivity index (χ1v) is 14.5. The van der Waals surface area contributed by atoms with Crippen LogP contribution in [0.25, 0.3) is 0 Å². The zero-order chi connectivity index (χ0) is 27.8. The van der Waals surface area contributed by atoms with Gasteiger partial charge in [-0.25, -0.2) is 8.42 Å². The van der Waals surface area contributed by atoms with Crippen LogP contribution in [0.1, 0.15) is 53.0 Å². The first-order valence-electron chi connectivity index (χ1n) is 12.3. The Labute approximate surface area is 226 Å². The molecule has 0 aromatic heterocycles. The fourth-order valence-corrected chi connectivity index (χ4v) is 4.95. The van der Waals surface area contributed by atoms with E-state index in [1.54, 1.807) is 43.3 Å². The number of halogens is 1. The average molecular weight is 552 g/mol. The van der Waals surface area contributed by atoms with Crippen molar-refractivity contribution in [2.45, 2.75) is 65.6 Å². The number of carbonyl (C=O) groups is 2. The Balaban J connectivity index is 2.24. The van der Waals surface area contributed by atoms with Crippen LogP contribution < -0.4 is 14.4 Å². The van der Waals surface area contributed by atoms with Crippen LogP contribution in [0.3, 0.4) is 0 Å². The third-order valence-electron chi connectivity index (χ3n) is 5.55. The zero-order valence-corrected chi connectivity index (χ0v) is 24.0. The number of benzene rings is 2. The largest absolute Gasteiger partial charge is 0.492 e. The molecule has 2 rings (SSSR count). The molecule has 0 saturated heterocycles. The third kappa shape index (κ3) is 9.23. The predicted octanol–water partition coefficient (Wildman–Crippen LogP) is 4.62. The number of sulfonamides is 1. The topological polar surface area (TPSA) is 96.0 Å². The standard InChI is InChI=1S/C27H38ClN3O5S/c1-7-36-24-16-11-10-15-23(24)31(37(6,34)35)18-12-17-25(32)30(19-21-13-8-9-14-22(21)28)20(2)26(33)29-27(3,4)5/h8-11,13-16,20H,7,12,17-19H2,1-6H3,(H,29,33). The zero-order valence-electron chi connectivity index (χ0n) is 22.5. The molecule has 10 heteroatoms. The number of nitrogens with zero attached hydrogens (tertiary/aromatic N) is 2. The highest BCUT2D eigenvalue weighted by Gasteiger charge is 2.29. The van der Waals surface area contributed by atoms with Gasteiger partial charge in [-0.2, -0.15) is 0 Å². The second-order valence-electron chi connectivity index (χ2n) is 9.87. The smallest absolute Gasteiger partial charge is 0.242 e. The predicted molar refractivity (Wildman–Crippen MR) is 148 cm³/mol. The molecule has 1 N–H and O–H groups in total. The second kappa shape index (κ2) is 13.1. The molecule has 8 nitrogen and oxygen atoms in total. The fourth-order valence-electron chi connectivity index (χ4n) is 3.79. The number of rotatable bonds is 12. The van der Waals surface area contributed by atoms with Crippen LogP contribution in [-0.4, -0.2) is 56.1 Å². The van der Waals surface area contributed by atoms with Crippen molar-refractivity contribution in [1.82, 2.24) is 10.2 Å². The van der Waals surface area contributed by atoms with Gasteiger partial charge in [0, 0.05) is 30.1 Å². The molecule has 0 fully saturated rings. The minimum absolute atomic E-state index is 0.0421. The first kappa shape index (κ1) is 30.4. The van der Waals surface area contributed by atoms with Crippen LogP contribution in [0.2, 0.25) is 5.02 Å². The summed E-state index contributed by atoms with van der Waals surface area (Å²) in [4.78, 5) is 27.8. The SMILES string of the molecule is CCOc1ccccc1N(CCCC(=O)N(Cc1ccccc1Cl)C(C)C(=O)NC(C)(C)C)S(C)(=O)=O. The second-order valence-corrected chi connectivity index (χ2v) is 12.2. The van der Waals surface area contributed by atoms with Gasteiger partial charge in [-0.05, 0) is 64.8 Å². The quantitative estimate of drug-likeness (QED) is 0.415. The highest BCUT2D eigenvalue weighted by atomic mass is 35.5. The van der Waals surface area contributed by atoms with Gasteiger partial charge in [-0.3, -0.25) is 13.9 Å². The van der Waals surface area contributed by atoms with Crippen molar-refractivity contribution in [3.8, 4) is 5.75 Å². The van der Waals surface area contributed by atoms with E-state index in [1.165, 1.54) is 9.21 Å². The van der Waals surface area contributed by atoms with E-state index in [9.17, 15) is 18.0 Å². The van der Waals surface area contributed by atoms with E-state index in [-0.39, 0.29) is 37.7 Å². The Morgan fingerprint density at radius 1 is 1.08 bits per heavy atom. The molecule has 0 bridgehead atoms. The Kier molecular flexibility index (Phi) is 10.8. The van der Waals surface area contributed by atoms with E-state index in [2.05, 4.69) is 5.32 Å². The van der Waals surface area contributed by atoms with Crippen LogP contribution in [-0.2, 0) is 26.2 Å². The van der Waals surface area contributed by atoms with Crippen LogP contribution in [0.15, 0.2) is 48.5 Å². The Hall–Kier alpha value is -2.78. The monoisotopic (exact) mass is 551 g/mol. The van der Waals surface area contributed by atoms with Crippen LogP contribution in [0, 0.1) is 0 Å². The number of hydrogen-bond acceptors (Lipinski definition) is 5. The normalized spacial score (nSPS) is 12.5. The summed E-state index contributed by atoms with van der Waals surface area (Å²) in [5.41, 5.74) is 0.676. The molecule has 0 radical (unpaired) electrons. The molecule has 1 atom stereocenters. The molecule has 2 aromatic carbocycles. The van der Waals surface area contributed by atoms with Gasteiger partial charge in [-0.15, -0.1) is 0 Å². The Bertz CT molecular complexity index is 1180. The minimum Gasteiger partial charge on any atom is -0.492 e. The molecule has 0 aliphatic heterocycles. The Morgan fingerprint density at radius 3 is 2.30 bits per heavy atom. The molecular weight excluding hydrogens is 514 g/mol. The summed E-state index contributed by atoms with van der Waals surface area (Å²) in [6, 6.07) is 13.3. The van der Waals surface area contributed by atoms with Gasteiger partial charge in [0.2, 0.25) is 21.8 Å². The van der Waals surface area contributed by atoms with Crippen LogP contribution in [0.5, 0.6) is 5.75 Å². The highest BCUT2D eigenvalue weighted by molar-refractivity contribution is 7.92. The van der Waals surface area contributed by atoms with Crippen molar-refractivity contribution >= 4 is 39.1 Å². The number of anilines is 1. The summed E-state index contributed by atoms with van der Waals surface area (Å²) in [5, 5.41) is 3.42. The van der Waals surface area contributed by atoms with Gasteiger partial charge >= 0.3 is 0 Å².